The van der Waals surface area contributed by atoms with E-state index in [0.717, 1.165) is 36.5 Å². The van der Waals surface area contributed by atoms with Gasteiger partial charge in [0.2, 0.25) is 0 Å². The third-order valence-corrected chi connectivity index (χ3v) is 7.11. The monoisotopic (exact) mass is 374 g/mol. The lowest BCUT2D eigenvalue weighted by atomic mass is 9.88. The van der Waals surface area contributed by atoms with Crippen molar-refractivity contribution in [3.05, 3.63) is 46.7 Å². The average Bonchev–Trinajstić information content (AvgIpc) is 2.77. The second-order valence-corrected chi connectivity index (χ2v) is 8.64. The summed E-state index contributed by atoms with van der Waals surface area (Å²) >= 11 is 8.30. The summed E-state index contributed by atoms with van der Waals surface area (Å²) in [6.07, 6.45) is 2.43. The summed E-state index contributed by atoms with van der Waals surface area (Å²) in [4.78, 5) is 4.02. The number of hydrogen-bond acceptors (Lipinski definition) is 3. The van der Waals surface area contributed by atoms with Crippen LogP contribution in [0.25, 0.3) is 11.1 Å². The second kappa shape index (κ2) is 6.19. The van der Waals surface area contributed by atoms with Crippen LogP contribution in [0, 0.1) is 5.82 Å². The Balaban J connectivity index is 1.69. The number of fused-ring (bicyclic) bond motifs is 3. The summed E-state index contributed by atoms with van der Waals surface area (Å²) in [6, 6.07) is 9.88. The first kappa shape index (κ1) is 16.0. The van der Waals surface area contributed by atoms with Gasteiger partial charge in [-0.15, -0.1) is 11.8 Å². The quantitative estimate of drug-likeness (QED) is 0.763. The molecule has 0 radical (unpaired) electrons. The van der Waals surface area contributed by atoms with Crippen molar-refractivity contribution in [1.29, 1.82) is 0 Å². The number of benzene rings is 2. The zero-order valence-electron chi connectivity index (χ0n) is 13.9. The maximum Gasteiger partial charge on any atom is 0.124 e. The molecule has 0 bridgehead atoms. The minimum absolute atomic E-state index is 0.287. The predicted octanol–water partition coefficient (Wildman–Crippen LogP) is 4.91. The zero-order valence-corrected chi connectivity index (χ0v) is 15.5. The highest BCUT2D eigenvalue weighted by atomic mass is 35.5. The summed E-state index contributed by atoms with van der Waals surface area (Å²) in [5.74, 6) is 1.41. The van der Waals surface area contributed by atoms with Crippen LogP contribution in [-0.4, -0.2) is 31.4 Å². The summed E-state index contributed by atoms with van der Waals surface area (Å²) in [6.45, 7) is 3.30. The fraction of sp³-hybridized carbons (Fsp3) is 0.400. The van der Waals surface area contributed by atoms with Crippen molar-refractivity contribution in [3.63, 3.8) is 0 Å². The van der Waals surface area contributed by atoms with Crippen molar-refractivity contribution in [3.8, 4) is 11.1 Å². The van der Waals surface area contributed by atoms with E-state index in [0.29, 0.717) is 17.0 Å². The van der Waals surface area contributed by atoms with E-state index in [1.54, 1.807) is 6.07 Å². The number of thioether (sulfide) groups is 1. The SMILES string of the molecule is Fc1ccc(-c2cc3c4c(c2)[C@@H]2CNCC[C@@H]2N4CCCS3)c(Cl)c1. The number of halogens is 2. The number of piperidine rings is 1. The molecule has 2 nitrogen and oxygen atoms in total. The van der Waals surface area contributed by atoms with E-state index < -0.39 is 0 Å². The van der Waals surface area contributed by atoms with Crippen LogP contribution in [0.5, 0.6) is 0 Å². The first-order chi connectivity index (χ1) is 12.2. The molecule has 3 heterocycles. The van der Waals surface area contributed by atoms with E-state index in [4.69, 9.17) is 11.6 Å². The molecule has 3 aliphatic rings. The van der Waals surface area contributed by atoms with Gasteiger partial charge in [0.05, 0.1) is 10.7 Å². The number of rotatable bonds is 1. The number of hydrogen-bond donors (Lipinski definition) is 1. The first-order valence-corrected chi connectivity index (χ1v) is 10.3. The molecule has 1 N–H and O–H groups in total. The molecule has 0 amide bonds. The van der Waals surface area contributed by atoms with Gasteiger partial charge in [-0.2, -0.15) is 0 Å². The van der Waals surface area contributed by atoms with Gasteiger partial charge in [-0.25, -0.2) is 4.39 Å². The molecular weight excluding hydrogens is 355 g/mol. The maximum absolute atomic E-state index is 13.5. The molecule has 25 heavy (non-hydrogen) atoms. The molecule has 2 atom stereocenters. The number of anilines is 1. The third kappa shape index (κ3) is 2.57. The lowest BCUT2D eigenvalue weighted by Gasteiger charge is -2.33. The van der Waals surface area contributed by atoms with Crippen molar-refractivity contribution in [2.24, 2.45) is 0 Å². The van der Waals surface area contributed by atoms with Crippen molar-refractivity contribution in [2.75, 3.05) is 30.3 Å². The number of nitrogens with zero attached hydrogens (tertiary/aromatic N) is 1. The molecule has 0 spiro atoms. The summed E-state index contributed by atoms with van der Waals surface area (Å²) < 4.78 is 13.5. The van der Waals surface area contributed by atoms with E-state index in [2.05, 4.69) is 22.3 Å². The average molecular weight is 375 g/mol. The fourth-order valence-electron chi connectivity index (χ4n) is 4.60. The second-order valence-electron chi connectivity index (χ2n) is 7.10. The standard InChI is InChI=1S/C20H20ClFN2S/c21-17-10-13(22)2-3-14(17)12-8-15-16-11-23-5-4-18(16)24-6-1-7-25-19(9-12)20(15)24/h2-3,8-10,16,18,23H,1,4-7,11H2/t16-,18-/m0/s1. The molecule has 1 fully saturated rings. The molecule has 2 aromatic rings. The van der Waals surface area contributed by atoms with Gasteiger partial charge in [-0.3, -0.25) is 0 Å². The minimum atomic E-state index is -0.287. The van der Waals surface area contributed by atoms with Gasteiger partial charge in [-0.05, 0) is 66.6 Å². The van der Waals surface area contributed by atoms with Gasteiger partial charge < -0.3 is 10.2 Å². The van der Waals surface area contributed by atoms with Gasteiger partial charge in [0.1, 0.15) is 5.82 Å². The highest BCUT2D eigenvalue weighted by molar-refractivity contribution is 7.99. The van der Waals surface area contributed by atoms with E-state index in [-0.39, 0.29) is 5.82 Å². The fourth-order valence-corrected chi connectivity index (χ4v) is 5.96. The Kier molecular flexibility index (Phi) is 3.95. The van der Waals surface area contributed by atoms with Gasteiger partial charge in [-0.1, -0.05) is 11.6 Å². The van der Waals surface area contributed by atoms with Crippen LogP contribution in [0.1, 0.15) is 24.3 Å². The minimum Gasteiger partial charge on any atom is -0.367 e. The van der Waals surface area contributed by atoms with Crippen LogP contribution in [0.2, 0.25) is 5.02 Å². The van der Waals surface area contributed by atoms with Gasteiger partial charge in [0, 0.05) is 35.5 Å². The Bertz CT molecular complexity index is 841. The summed E-state index contributed by atoms with van der Waals surface area (Å²) in [7, 11) is 0. The first-order valence-electron chi connectivity index (χ1n) is 8.96. The van der Waals surface area contributed by atoms with Crippen molar-refractivity contribution in [2.45, 2.75) is 29.7 Å². The molecule has 130 valence electrons. The maximum atomic E-state index is 13.5. The van der Waals surface area contributed by atoms with E-state index in [9.17, 15) is 4.39 Å². The van der Waals surface area contributed by atoms with Crippen molar-refractivity contribution in [1.82, 2.24) is 5.32 Å². The molecule has 1 saturated heterocycles. The Morgan fingerprint density at radius 2 is 2.16 bits per heavy atom. The molecular formula is C20H20ClFN2S. The Morgan fingerprint density at radius 1 is 1.24 bits per heavy atom. The normalized spacial score (nSPS) is 24.6. The molecule has 5 rings (SSSR count). The smallest absolute Gasteiger partial charge is 0.124 e. The van der Waals surface area contributed by atoms with Crippen molar-refractivity contribution >= 4 is 29.1 Å². The lowest BCUT2D eigenvalue weighted by molar-refractivity contribution is 0.403. The van der Waals surface area contributed by atoms with Gasteiger partial charge in [0.15, 0.2) is 0 Å². The number of nitrogens with one attached hydrogen (secondary N) is 1. The molecule has 0 aromatic heterocycles. The summed E-state index contributed by atoms with van der Waals surface area (Å²) in [5, 5.41) is 4.05. The molecule has 3 aliphatic heterocycles. The Labute approximate surface area is 156 Å². The van der Waals surface area contributed by atoms with Crippen LogP contribution in [0.3, 0.4) is 0 Å². The highest BCUT2D eigenvalue weighted by Gasteiger charge is 2.41. The molecule has 2 aromatic carbocycles. The molecule has 5 heteroatoms. The van der Waals surface area contributed by atoms with E-state index in [1.807, 2.05) is 11.8 Å². The molecule has 0 unspecified atom stereocenters. The molecule has 0 aliphatic carbocycles. The van der Waals surface area contributed by atoms with Crippen molar-refractivity contribution < 1.29 is 4.39 Å². The third-order valence-electron chi connectivity index (χ3n) is 5.68. The highest BCUT2D eigenvalue weighted by Crippen LogP contribution is 2.51. The van der Waals surface area contributed by atoms with Crippen LogP contribution < -0.4 is 10.2 Å². The zero-order chi connectivity index (χ0) is 17.0. The van der Waals surface area contributed by atoms with E-state index in [1.165, 1.54) is 41.1 Å². The lowest BCUT2D eigenvalue weighted by Crippen LogP contribution is -2.44. The molecule has 0 saturated carbocycles. The van der Waals surface area contributed by atoms with Gasteiger partial charge >= 0.3 is 0 Å². The topological polar surface area (TPSA) is 15.3 Å². The van der Waals surface area contributed by atoms with Crippen LogP contribution in [0.4, 0.5) is 10.1 Å². The van der Waals surface area contributed by atoms with Crippen LogP contribution >= 0.6 is 23.4 Å². The van der Waals surface area contributed by atoms with Gasteiger partial charge in [0.25, 0.3) is 0 Å². The van der Waals surface area contributed by atoms with Crippen LogP contribution in [0.15, 0.2) is 35.2 Å². The Morgan fingerprint density at radius 3 is 3.04 bits per heavy atom. The largest absolute Gasteiger partial charge is 0.367 e. The predicted molar refractivity (Wildman–Crippen MR) is 104 cm³/mol. The summed E-state index contributed by atoms with van der Waals surface area (Å²) in [5.41, 5.74) is 4.92. The Hall–Kier alpha value is -1.23. The van der Waals surface area contributed by atoms with Crippen LogP contribution in [-0.2, 0) is 0 Å². The van der Waals surface area contributed by atoms with E-state index >= 15 is 0 Å².